The van der Waals surface area contributed by atoms with E-state index in [2.05, 4.69) is 9.97 Å². The van der Waals surface area contributed by atoms with E-state index >= 15 is 0 Å². The molecule has 0 radical (unpaired) electrons. The van der Waals surface area contributed by atoms with Gasteiger partial charge in [0.15, 0.2) is 0 Å². The molecule has 0 unspecified atom stereocenters. The molecule has 98 valence electrons. The third-order valence-corrected chi connectivity index (χ3v) is 3.80. The first kappa shape index (κ1) is 12.0. The smallest absolute Gasteiger partial charge is 0.201 e. The van der Waals surface area contributed by atoms with Crippen LogP contribution in [0.3, 0.4) is 0 Å². The molecule has 0 aliphatic rings. The number of methoxy groups -OCH3 is 1. The number of anilines is 1. The topological polar surface area (TPSA) is 66.0 Å². The SMILES string of the molecule is COc1cccc2c1nc(N)n2Cc1csc(C)n1. The molecule has 6 heteroatoms. The van der Waals surface area contributed by atoms with Gasteiger partial charge in [0.2, 0.25) is 5.95 Å². The van der Waals surface area contributed by atoms with Crippen molar-refractivity contribution in [2.75, 3.05) is 12.8 Å². The van der Waals surface area contributed by atoms with Gasteiger partial charge < -0.3 is 15.0 Å². The van der Waals surface area contributed by atoms with Gasteiger partial charge in [-0.25, -0.2) is 9.97 Å². The molecule has 0 fully saturated rings. The number of aromatic nitrogens is 3. The molecule has 3 rings (SSSR count). The average Bonchev–Trinajstić information content (AvgIpc) is 2.94. The molecule has 3 aromatic rings. The second-order valence-electron chi connectivity index (χ2n) is 4.24. The summed E-state index contributed by atoms with van der Waals surface area (Å²) in [4.78, 5) is 8.84. The predicted octanol–water partition coefficient (Wildman–Crippen LogP) is 2.44. The minimum absolute atomic E-state index is 0.477. The maximum absolute atomic E-state index is 6.00. The lowest BCUT2D eigenvalue weighted by Crippen LogP contribution is -2.04. The normalized spacial score (nSPS) is 11.1. The lowest BCUT2D eigenvalue weighted by Gasteiger charge is -2.04. The van der Waals surface area contributed by atoms with Crippen molar-refractivity contribution in [3.8, 4) is 5.75 Å². The second-order valence-corrected chi connectivity index (χ2v) is 5.30. The molecule has 0 aliphatic heterocycles. The number of ether oxygens (including phenoxy) is 1. The Morgan fingerprint density at radius 3 is 2.89 bits per heavy atom. The Kier molecular flexibility index (Phi) is 2.87. The van der Waals surface area contributed by atoms with Gasteiger partial charge in [0.25, 0.3) is 0 Å². The van der Waals surface area contributed by atoms with Crippen molar-refractivity contribution in [1.29, 1.82) is 0 Å². The zero-order valence-corrected chi connectivity index (χ0v) is 11.6. The van der Waals surface area contributed by atoms with E-state index < -0.39 is 0 Å². The molecule has 2 N–H and O–H groups in total. The van der Waals surface area contributed by atoms with Crippen LogP contribution in [0.1, 0.15) is 10.7 Å². The lowest BCUT2D eigenvalue weighted by molar-refractivity contribution is 0.419. The highest BCUT2D eigenvalue weighted by molar-refractivity contribution is 7.09. The van der Waals surface area contributed by atoms with Crippen molar-refractivity contribution in [3.05, 3.63) is 34.3 Å². The van der Waals surface area contributed by atoms with E-state index in [1.54, 1.807) is 18.4 Å². The first-order valence-corrected chi connectivity index (χ1v) is 6.76. The van der Waals surface area contributed by atoms with Gasteiger partial charge >= 0.3 is 0 Å². The number of fused-ring (bicyclic) bond motifs is 1. The Labute approximate surface area is 114 Å². The number of nitrogen functional groups attached to an aromatic ring is 1. The molecule has 0 atom stereocenters. The highest BCUT2D eigenvalue weighted by Gasteiger charge is 2.13. The van der Waals surface area contributed by atoms with Crippen molar-refractivity contribution in [2.45, 2.75) is 13.5 Å². The highest BCUT2D eigenvalue weighted by Crippen LogP contribution is 2.27. The summed E-state index contributed by atoms with van der Waals surface area (Å²) in [5.74, 6) is 1.21. The lowest BCUT2D eigenvalue weighted by atomic mass is 10.3. The molecule has 2 heterocycles. The molecule has 0 bridgehead atoms. The summed E-state index contributed by atoms with van der Waals surface area (Å²) in [7, 11) is 1.63. The minimum Gasteiger partial charge on any atom is -0.494 e. The van der Waals surface area contributed by atoms with Gasteiger partial charge in [-0.15, -0.1) is 11.3 Å². The van der Waals surface area contributed by atoms with Crippen molar-refractivity contribution in [3.63, 3.8) is 0 Å². The largest absolute Gasteiger partial charge is 0.494 e. The van der Waals surface area contributed by atoms with Crippen LogP contribution in [0, 0.1) is 6.92 Å². The number of para-hydroxylation sites is 1. The van der Waals surface area contributed by atoms with E-state index in [0.29, 0.717) is 12.5 Å². The number of imidazole rings is 1. The molecular weight excluding hydrogens is 260 g/mol. The van der Waals surface area contributed by atoms with Crippen LogP contribution in [-0.4, -0.2) is 21.6 Å². The van der Waals surface area contributed by atoms with Gasteiger partial charge in [0.1, 0.15) is 11.3 Å². The number of benzene rings is 1. The van der Waals surface area contributed by atoms with Gasteiger partial charge in [-0.3, -0.25) is 0 Å². The number of rotatable bonds is 3. The van der Waals surface area contributed by atoms with E-state index in [9.17, 15) is 0 Å². The van der Waals surface area contributed by atoms with Crippen molar-refractivity contribution >= 4 is 28.3 Å². The van der Waals surface area contributed by atoms with Crippen LogP contribution < -0.4 is 10.5 Å². The summed E-state index contributed by atoms with van der Waals surface area (Å²) in [5, 5.41) is 3.09. The van der Waals surface area contributed by atoms with Gasteiger partial charge in [-0.1, -0.05) is 6.07 Å². The predicted molar refractivity (Wildman–Crippen MR) is 76.7 cm³/mol. The summed E-state index contributed by atoms with van der Waals surface area (Å²) in [5.41, 5.74) is 8.75. The zero-order valence-electron chi connectivity index (χ0n) is 10.8. The number of hydrogen-bond donors (Lipinski definition) is 1. The zero-order chi connectivity index (χ0) is 13.4. The monoisotopic (exact) mass is 274 g/mol. The van der Waals surface area contributed by atoms with Gasteiger partial charge in [0, 0.05) is 5.38 Å². The summed E-state index contributed by atoms with van der Waals surface area (Å²) in [6.07, 6.45) is 0. The fraction of sp³-hybridized carbons (Fsp3) is 0.231. The van der Waals surface area contributed by atoms with Crippen LogP contribution in [0.4, 0.5) is 5.95 Å². The number of hydrogen-bond acceptors (Lipinski definition) is 5. The number of aryl methyl sites for hydroxylation is 1. The average molecular weight is 274 g/mol. The molecule has 1 aromatic carbocycles. The first-order valence-electron chi connectivity index (χ1n) is 5.88. The fourth-order valence-corrected chi connectivity index (χ4v) is 2.72. The van der Waals surface area contributed by atoms with E-state index in [0.717, 1.165) is 27.5 Å². The standard InChI is InChI=1S/C13H14N4OS/c1-8-15-9(7-19-8)6-17-10-4-3-5-11(18-2)12(10)16-13(17)14/h3-5,7H,6H2,1-2H3,(H2,14,16). The molecule has 0 saturated carbocycles. The Morgan fingerprint density at radius 2 is 2.21 bits per heavy atom. The van der Waals surface area contributed by atoms with Crippen molar-refractivity contribution in [1.82, 2.24) is 14.5 Å². The summed E-state index contributed by atoms with van der Waals surface area (Å²) in [6.45, 7) is 2.62. The first-order chi connectivity index (χ1) is 9.19. The van der Waals surface area contributed by atoms with Crippen LogP contribution in [0.25, 0.3) is 11.0 Å². The van der Waals surface area contributed by atoms with E-state index in [1.165, 1.54) is 0 Å². The molecule has 0 saturated heterocycles. The molecule has 0 spiro atoms. The number of thiazole rings is 1. The summed E-state index contributed by atoms with van der Waals surface area (Å²) < 4.78 is 7.26. The van der Waals surface area contributed by atoms with Crippen LogP contribution in [0.15, 0.2) is 23.6 Å². The molecule has 19 heavy (non-hydrogen) atoms. The Bertz CT molecular complexity index is 731. The van der Waals surface area contributed by atoms with Crippen molar-refractivity contribution < 1.29 is 4.74 Å². The Hall–Kier alpha value is -2.08. The van der Waals surface area contributed by atoms with Crippen LogP contribution in [0.5, 0.6) is 5.75 Å². The van der Waals surface area contributed by atoms with E-state index in [-0.39, 0.29) is 0 Å². The molecular formula is C13H14N4OS. The minimum atomic E-state index is 0.477. The van der Waals surface area contributed by atoms with Gasteiger partial charge in [-0.05, 0) is 19.1 Å². The highest BCUT2D eigenvalue weighted by atomic mass is 32.1. The molecule has 0 amide bonds. The molecule has 5 nitrogen and oxygen atoms in total. The third-order valence-electron chi connectivity index (χ3n) is 2.98. The maximum Gasteiger partial charge on any atom is 0.201 e. The third kappa shape index (κ3) is 2.04. The maximum atomic E-state index is 6.00. The quantitative estimate of drug-likeness (QED) is 0.796. The van der Waals surface area contributed by atoms with Crippen LogP contribution >= 0.6 is 11.3 Å². The molecule has 0 aliphatic carbocycles. The van der Waals surface area contributed by atoms with Crippen molar-refractivity contribution in [2.24, 2.45) is 0 Å². The van der Waals surface area contributed by atoms with E-state index in [4.69, 9.17) is 10.5 Å². The number of nitrogens with two attached hydrogens (primary N) is 1. The summed E-state index contributed by atoms with van der Waals surface area (Å²) >= 11 is 1.63. The Morgan fingerprint density at radius 1 is 1.37 bits per heavy atom. The Balaban J connectivity index is 2.10. The summed E-state index contributed by atoms with van der Waals surface area (Å²) in [6, 6.07) is 5.80. The van der Waals surface area contributed by atoms with E-state index in [1.807, 2.05) is 35.1 Å². The number of nitrogens with zero attached hydrogens (tertiary/aromatic N) is 3. The second kappa shape index (κ2) is 4.55. The van der Waals surface area contributed by atoms with Crippen LogP contribution in [-0.2, 0) is 6.54 Å². The van der Waals surface area contributed by atoms with Gasteiger partial charge in [0.05, 0.1) is 29.9 Å². The fourth-order valence-electron chi connectivity index (χ4n) is 2.11. The van der Waals surface area contributed by atoms with Crippen LogP contribution in [0.2, 0.25) is 0 Å². The van der Waals surface area contributed by atoms with Gasteiger partial charge in [-0.2, -0.15) is 0 Å². The molecule has 2 aromatic heterocycles.